The van der Waals surface area contributed by atoms with Crippen LogP contribution in [-0.2, 0) is 11.2 Å². The highest BCUT2D eigenvalue weighted by atomic mass is 16.5. The first-order chi connectivity index (χ1) is 7.16. The molecule has 0 bridgehead atoms. The Kier molecular flexibility index (Phi) is 3.89. The number of carbonyl (C=O) groups excluding carboxylic acids is 1. The van der Waals surface area contributed by atoms with Gasteiger partial charge in [0.15, 0.2) is 0 Å². The van der Waals surface area contributed by atoms with Crippen LogP contribution in [0.15, 0.2) is 12.1 Å². The number of fused-ring (bicyclic) bond motifs is 1. The van der Waals surface area contributed by atoms with Gasteiger partial charge in [-0.15, -0.1) is 0 Å². The fraction of sp³-hybridized carbons (Fsp3) is 0.462. The number of ether oxygens (including phenoxy) is 1. The van der Waals surface area contributed by atoms with Crippen molar-refractivity contribution in [1.29, 1.82) is 0 Å². The maximum absolute atomic E-state index is 11.0. The Morgan fingerprint density at radius 2 is 1.67 bits per heavy atom. The van der Waals surface area contributed by atoms with Crippen molar-refractivity contribution in [3.05, 3.63) is 28.8 Å². The summed E-state index contributed by atoms with van der Waals surface area (Å²) in [4.78, 5) is 11.0. The number of benzene rings is 1. The van der Waals surface area contributed by atoms with Crippen molar-refractivity contribution in [3.63, 3.8) is 0 Å². The lowest BCUT2D eigenvalue weighted by molar-refractivity contribution is -0.135. The highest BCUT2D eigenvalue weighted by molar-refractivity contribution is 5.75. The smallest absolute Gasteiger partial charge is 0.311 e. The molecule has 0 N–H and O–H groups in total. The van der Waals surface area contributed by atoms with Crippen molar-refractivity contribution in [2.45, 2.75) is 40.5 Å². The average molecular weight is 206 g/mol. The molecule has 1 aromatic carbocycles. The normalized spacial score (nSPS) is 13.5. The SMILES string of the molecule is CC.Cc1cc2c(cc1C)OC(=O)CC2. The monoisotopic (exact) mass is 206 g/mol. The molecule has 0 aromatic heterocycles. The lowest BCUT2D eigenvalue weighted by Crippen LogP contribution is -2.16. The summed E-state index contributed by atoms with van der Waals surface area (Å²) in [7, 11) is 0. The third-order valence-electron chi connectivity index (χ3n) is 2.50. The minimum absolute atomic E-state index is 0.115. The second kappa shape index (κ2) is 4.96. The van der Waals surface area contributed by atoms with Gasteiger partial charge in [-0.1, -0.05) is 19.9 Å². The topological polar surface area (TPSA) is 26.3 Å². The molecule has 2 heteroatoms. The molecule has 1 aromatic rings. The van der Waals surface area contributed by atoms with Crippen LogP contribution >= 0.6 is 0 Å². The molecule has 0 radical (unpaired) electrons. The van der Waals surface area contributed by atoms with E-state index in [1.807, 2.05) is 26.8 Å². The molecule has 2 rings (SSSR count). The summed E-state index contributed by atoms with van der Waals surface area (Å²) in [5, 5.41) is 0. The van der Waals surface area contributed by atoms with Crippen molar-refractivity contribution in [2.75, 3.05) is 0 Å². The Morgan fingerprint density at radius 1 is 1.07 bits per heavy atom. The van der Waals surface area contributed by atoms with E-state index >= 15 is 0 Å². The summed E-state index contributed by atoms with van der Waals surface area (Å²) in [5.74, 6) is 0.634. The van der Waals surface area contributed by atoms with E-state index in [0.717, 1.165) is 17.7 Å². The predicted octanol–water partition coefficient (Wildman–Crippen LogP) is 3.18. The first-order valence-electron chi connectivity index (χ1n) is 5.47. The van der Waals surface area contributed by atoms with Gasteiger partial charge in [0.2, 0.25) is 0 Å². The summed E-state index contributed by atoms with van der Waals surface area (Å²) < 4.78 is 5.13. The molecular formula is C13H18O2. The molecule has 1 aliphatic rings. The van der Waals surface area contributed by atoms with E-state index in [9.17, 15) is 4.79 Å². The maximum Gasteiger partial charge on any atom is 0.311 e. The third kappa shape index (κ3) is 2.58. The van der Waals surface area contributed by atoms with Crippen LogP contribution in [0.1, 0.15) is 37.0 Å². The van der Waals surface area contributed by atoms with Crippen LogP contribution in [0, 0.1) is 13.8 Å². The molecule has 0 atom stereocenters. The minimum Gasteiger partial charge on any atom is -0.426 e. The van der Waals surface area contributed by atoms with Crippen LogP contribution in [0.4, 0.5) is 0 Å². The summed E-state index contributed by atoms with van der Waals surface area (Å²) in [6.07, 6.45) is 1.32. The van der Waals surface area contributed by atoms with Gasteiger partial charge in [-0.05, 0) is 43.0 Å². The standard InChI is InChI=1S/C11H12O2.C2H6/c1-7-5-9-3-4-11(12)13-10(9)6-8(7)2;1-2/h5-6H,3-4H2,1-2H3;1-2H3. The Balaban J connectivity index is 0.000000531. The van der Waals surface area contributed by atoms with Crippen molar-refractivity contribution >= 4 is 5.97 Å². The summed E-state index contributed by atoms with van der Waals surface area (Å²) in [6, 6.07) is 4.05. The van der Waals surface area contributed by atoms with Crippen molar-refractivity contribution in [2.24, 2.45) is 0 Å². The van der Waals surface area contributed by atoms with Crippen LogP contribution in [0.5, 0.6) is 5.75 Å². The van der Waals surface area contributed by atoms with E-state index in [2.05, 4.69) is 13.0 Å². The zero-order valence-corrected chi connectivity index (χ0v) is 9.89. The predicted molar refractivity (Wildman–Crippen MR) is 61.2 cm³/mol. The van der Waals surface area contributed by atoms with Crippen LogP contribution in [0.3, 0.4) is 0 Å². The van der Waals surface area contributed by atoms with Crippen molar-refractivity contribution in [3.8, 4) is 5.75 Å². The van der Waals surface area contributed by atoms with Gasteiger partial charge in [0.1, 0.15) is 5.75 Å². The van der Waals surface area contributed by atoms with Gasteiger partial charge in [-0.3, -0.25) is 4.79 Å². The Labute approximate surface area is 91.3 Å². The lowest BCUT2D eigenvalue weighted by atomic mass is 10.0. The zero-order chi connectivity index (χ0) is 11.4. The van der Waals surface area contributed by atoms with Crippen LogP contribution in [0.25, 0.3) is 0 Å². The van der Waals surface area contributed by atoms with Crippen LogP contribution < -0.4 is 4.74 Å². The van der Waals surface area contributed by atoms with Crippen molar-refractivity contribution in [1.82, 2.24) is 0 Å². The van der Waals surface area contributed by atoms with Crippen LogP contribution in [0.2, 0.25) is 0 Å². The Hall–Kier alpha value is -1.31. The van der Waals surface area contributed by atoms with Gasteiger partial charge in [0.05, 0.1) is 6.42 Å². The molecule has 1 heterocycles. The first kappa shape index (κ1) is 11.8. The van der Waals surface area contributed by atoms with Gasteiger partial charge in [-0.2, -0.15) is 0 Å². The minimum atomic E-state index is -0.115. The molecule has 0 saturated heterocycles. The molecule has 0 amide bonds. The summed E-state index contributed by atoms with van der Waals surface area (Å²) in [6.45, 7) is 8.10. The number of esters is 1. The van der Waals surface area contributed by atoms with E-state index in [4.69, 9.17) is 4.74 Å². The fourth-order valence-corrected chi connectivity index (χ4v) is 1.55. The molecule has 0 unspecified atom stereocenters. The zero-order valence-electron chi connectivity index (χ0n) is 9.89. The molecule has 0 fully saturated rings. The number of aryl methyl sites for hydroxylation is 3. The van der Waals surface area contributed by atoms with E-state index in [0.29, 0.717) is 6.42 Å². The average Bonchev–Trinajstić information content (AvgIpc) is 2.23. The van der Waals surface area contributed by atoms with E-state index < -0.39 is 0 Å². The Bertz CT molecular complexity index is 367. The van der Waals surface area contributed by atoms with Gasteiger partial charge < -0.3 is 4.74 Å². The molecule has 2 nitrogen and oxygen atoms in total. The van der Waals surface area contributed by atoms with E-state index in [-0.39, 0.29) is 5.97 Å². The Morgan fingerprint density at radius 3 is 2.33 bits per heavy atom. The molecule has 0 saturated carbocycles. The molecule has 15 heavy (non-hydrogen) atoms. The highest BCUT2D eigenvalue weighted by Gasteiger charge is 2.17. The second-order valence-electron chi connectivity index (χ2n) is 3.52. The second-order valence-corrected chi connectivity index (χ2v) is 3.52. The maximum atomic E-state index is 11.0. The third-order valence-corrected chi connectivity index (χ3v) is 2.50. The number of carbonyl (C=O) groups is 1. The van der Waals surface area contributed by atoms with E-state index in [1.165, 1.54) is 11.1 Å². The van der Waals surface area contributed by atoms with E-state index in [1.54, 1.807) is 0 Å². The van der Waals surface area contributed by atoms with Gasteiger partial charge in [0, 0.05) is 0 Å². The van der Waals surface area contributed by atoms with Gasteiger partial charge >= 0.3 is 5.97 Å². The van der Waals surface area contributed by atoms with Crippen LogP contribution in [-0.4, -0.2) is 5.97 Å². The number of hydrogen-bond donors (Lipinski definition) is 0. The van der Waals surface area contributed by atoms with Crippen molar-refractivity contribution < 1.29 is 9.53 Å². The van der Waals surface area contributed by atoms with Gasteiger partial charge in [-0.25, -0.2) is 0 Å². The highest BCUT2D eigenvalue weighted by Crippen LogP contribution is 2.28. The molecular weight excluding hydrogens is 188 g/mol. The molecule has 0 spiro atoms. The summed E-state index contributed by atoms with van der Waals surface area (Å²) >= 11 is 0. The lowest BCUT2D eigenvalue weighted by Gasteiger charge is -2.16. The number of rotatable bonds is 0. The van der Waals surface area contributed by atoms with Gasteiger partial charge in [0.25, 0.3) is 0 Å². The summed E-state index contributed by atoms with van der Waals surface area (Å²) in [5.41, 5.74) is 3.59. The first-order valence-corrected chi connectivity index (χ1v) is 5.47. The quantitative estimate of drug-likeness (QED) is 0.481. The largest absolute Gasteiger partial charge is 0.426 e. The molecule has 1 aliphatic heterocycles. The molecule has 82 valence electrons. The fourth-order valence-electron chi connectivity index (χ4n) is 1.55. The number of hydrogen-bond acceptors (Lipinski definition) is 2. The molecule has 0 aliphatic carbocycles.